The van der Waals surface area contributed by atoms with E-state index in [4.69, 9.17) is 16.3 Å². The van der Waals surface area contributed by atoms with Crippen LogP contribution in [0, 0.1) is 0 Å². The summed E-state index contributed by atoms with van der Waals surface area (Å²) in [6, 6.07) is 15.3. The van der Waals surface area contributed by atoms with Crippen LogP contribution < -0.4 is 10.1 Å². The monoisotopic (exact) mass is 305 g/mol. The smallest absolute Gasteiger partial charge is 0.118 e. The van der Waals surface area contributed by atoms with Gasteiger partial charge >= 0.3 is 0 Å². The number of methoxy groups -OCH3 is 1. The van der Waals surface area contributed by atoms with Gasteiger partial charge in [0.1, 0.15) is 5.75 Å². The summed E-state index contributed by atoms with van der Waals surface area (Å²) in [6.45, 7) is 2.02. The minimum Gasteiger partial charge on any atom is -0.497 e. The minimum absolute atomic E-state index is 0.0294. The quantitative estimate of drug-likeness (QED) is 0.854. The second-order valence-corrected chi connectivity index (χ2v) is 5.81. The van der Waals surface area contributed by atoms with E-state index in [1.54, 1.807) is 7.11 Å². The highest BCUT2D eigenvalue weighted by atomic mass is 35.5. The van der Waals surface area contributed by atoms with Crippen LogP contribution in [-0.2, 0) is 6.42 Å². The fourth-order valence-electron chi connectivity index (χ4n) is 2.22. The molecule has 0 fully saturated rings. The Balaban J connectivity index is 2.10. The van der Waals surface area contributed by atoms with Crippen LogP contribution in [0.1, 0.15) is 12.5 Å². The summed E-state index contributed by atoms with van der Waals surface area (Å²) in [4.78, 5) is 0. The van der Waals surface area contributed by atoms with E-state index in [-0.39, 0.29) is 6.61 Å². The van der Waals surface area contributed by atoms with Crippen LogP contribution in [0.3, 0.4) is 0 Å². The molecule has 0 saturated carbocycles. The first kappa shape index (κ1) is 15.7. The van der Waals surface area contributed by atoms with Gasteiger partial charge in [0.25, 0.3) is 0 Å². The van der Waals surface area contributed by atoms with Crippen LogP contribution in [0.15, 0.2) is 48.5 Å². The predicted molar refractivity (Wildman–Crippen MR) is 87.3 cm³/mol. The standard InChI is InChI=1S/C17H20ClNO2/c1-17(12-20,19-15-7-5-14(18)6-8-15)11-13-3-9-16(21-2)10-4-13/h3-10,19-20H,11-12H2,1-2H3. The molecule has 0 aromatic heterocycles. The normalized spacial score (nSPS) is 13.5. The number of hydrogen-bond donors (Lipinski definition) is 2. The number of benzene rings is 2. The second kappa shape index (κ2) is 6.83. The van der Waals surface area contributed by atoms with Crippen molar-refractivity contribution in [1.29, 1.82) is 0 Å². The van der Waals surface area contributed by atoms with Crippen molar-refractivity contribution in [3.8, 4) is 5.75 Å². The topological polar surface area (TPSA) is 41.5 Å². The first-order valence-electron chi connectivity index (χ1n) is 6.82. The molecule has 21 heavy (non-hydrogen) atoms. The molecule has 1 unspecified atom stereocenters. The zero-order chi connectivity index (χ0) is 15.3. The van der Waals surface area contributed by atoms with Crippen LogP contribution in [0.5, 0.6) is 5.75 Å². The molecule has 2 N–H and O–H groups in total. The Labute approximate surface area is 130 Å². The van der Waals surface area contributed by atoms with E-state index in [9.17, 15) is 5.11 Å². The third-order valence-corrected chi connectivity index (χ3v) is 3.64. The van der Waals surface area contributed by atoms with Gasteiger partial charge in [-0.1, -0.05) is 23.7 Å². The first-order chi connectivity index (χ1) is 10.0. The summed E-state index contributed by atoms with van der Waals surface area (Å²) >= 11 is 5.89. The van der Waals surface area contributed by atoms with Crippen LogP contribution in [0.4, 0.5) is 5.69 Å². The molecule has 2 rings (SSSR count). The Morgan fingerprint density at radius 2 is 1.71 bits per heavy atom. The van der Waals surface area contributed by atoms with Gasteiger partial charge in [0.05, 0.1) is 19.3 Å². The van der Waals surface area contributed by atoms with Crippen molar-refractivity contribution in [1.82, 2.24) is 0 Å². The molecule has 0 radical (unpaired) electrons. The van der Waals surface area contributed by atoms with Crippen LogP contribution in [-0.4, -0.2) is 24.4 Å². The number of ether oxygens (including phenoxy) is 1. The molecule has 0 aliphatic heterocycles. The van der Waals surface area contributed by atoms with E-state index in [0.29, 0.717) is 11.4 Å². The van der Waals surface area contributed by atoms with Crippen molar-refractivity contribution in [2.24, 2.45) is 0 Å². The molecule has 2 aromatic carbocycles. The minimum atomic E-state index is -0.442. The second-order valence-electron chi connectivity index (χ2n) is 5.38. The lowest BCUT2D eigenvalue weighted by molar-refractivity contribution is 0.222. The van der Waals surface area contributed by atoms with Gasteiger partial charge in [0.2, 0.25) is 0 Å². The maximum absolute atomic E-state index is 9.75. The van der Waals surface area contributed by atoms with Crippen LogP contribution in [0.2, 0.25) is 5.02 Å². The molecule has 2 aromatic rings. The SMILES string of the molecule is COc1ccc(CC(C)(CO)Nc2ccc(Cl)cc2)cc1. The van der Waals surface area contributed by atoms with E-state index in [1.165, 1.54) is 0 Å². The van der Waals surface area contributed by atoms with E-state index in [0.717, 1.165) is 17.0 Å². The Kier molecular flexibility index (Phi) is 5.10. The van der Waals surface area contributed by atoms with E-state index < -0.39 is 5.54 Å². The molecule has 0 aliphatic carbocycles. The fraction of sp³-hybridized carbons (Fsp3) is 0.294. The molecular weight excluding hydrogens is 286 g/mol. The Bertz CT molecular complexity index is 568. The van der Waals surface area contributed by atoms with Gasteiger partial charge in [-0.25, -0.2) is 0 Å². The van der Waals surface area contributed by atoms with E-state index in [2.05, 4.69) is 5.32 Å². The average molecular weight is 306 g/mol. The summed E-state index contributed by atoms with van der Waals surface area (Å²) in [5.74, 6) is 0.829. The number of halogens is 1. The maximum Gasteiger partial charge on any atom is 0.118 e. The largest absolute Gasteiger partial charge is 0.497 e. The predicted octanol–water partition coefficient (Wildman–Crippen LogP) is 3.75. The van der Waals surface area contributed by atoms with Gasteiger partial charge in [-0.05, 0) is 55.3 Å². The zero-order valence-corrected chi connectivity index (χ0v) is 13.0. The van der Waals surface area contributed by atoms with Crippen molar-refractivity contribution in [2.75, 3.05) is 19.0 Å². The molecule has 3 nitrogen and oxygen atoms in total. The third kappa shape index (κ3) is 4.38. The van der Waals surface area contributed by atoms with E-state index in [1.807, 2.05) is 55.5 Å². The molecule has 0 spiro atoms. The molecular formula is C17H20ClNO2. The molecule has 0 aliphatic rings. The molecule has 1 atom stereocenters. The van der Waals surface area contributed by atoms with Crippen molar-refractivity contribution >= 4 is 17.3 Å². The van der Waals surface area contributed by atoms with Crippen molar-refractivity contribution in [2.45, 2.75) is 18.9 Å². The van der Waals surface area contributed by atoms with Gasteiger partial charge in [0.15, 0.2) is 0 Å². The highest BCUT2D eigenvalue weighted by Crippen LogP contribution is 2.22. The number of rotatable bonds is 6. The number of nitrogens with one attached hydrogen (secondary N) is 1. The Hall–Kier alpha value is -1.71. The Morgan fingerprint density at radius 1 is 1.10 bits per heavy atom. The summed E-state index contributed by atoms with van der Waals surface area (Å²) in [6.07, 6.45) is 0.704. The number of hydrogen-bond acceptors (Lipinski definition) is 3. The number of aliphatic hydroxyl groups is 1. The van der Waals surface area contributed by atoms with Gasteiger partial charge in [-0.3, -0.25) is 0 Å². The molecule has 4 heteroatoms. The lowest BCUT2D eigenvalue weighted by Crippen LogP contribution is -2.41. The molecule has 112 valence electrons. The third-order valence-electron chi connectivity index (χ3n) is 3.39. The Morgan fingerprint density at radius 3 is 2.24 bits per heavy atom. The summed E-state index contributed by atoms with van der Waals surface area (Å²) in [7, 11) is 1.65. The number of anilines is 1. The van der Waals surface area contributed by atoms with Crippen LogP contribution in [0.25, 0.3) is 0 Å². The van der Waals surface area contributed by atoms with Crippen molar-refractivity contribution in [3.63, 3.8) is 0 Å². The maximum atomic E-state index is 9.75. The first-order valence-corrected chi connectivity index (χ1v) is 7.20. The average Bonchev–Trinajstić information content (AvgIpc) is 2.50. The van der Waals surface area contributed by atoms with Gasteiger partial charge in [-0.15, -0.1) is 0 Å². The lowest BCUT2D eigenvalue weighted by Gasteiger charge is -2.30. The molecule has 0 saturated heterocycles. The summed E-state index contributed by atoms with van der Waals surface area (Å²) in [5.41, 5.74) is 1.63. The lowest BCUT2D eigenvalue weighted by atomic mass is 9.93. The van der Waals surface area contributed by atoms with Crippen molar-refractivity contribution in [3.05, 3.63) is 59.1 Å². The van der Waals surface area contributed by atoms with Crippen LogP contribution >= 0.6 is 11.6 Å². The fourth-order valence-corrected chi connectivity index (χ4v) is 2.34. The highest BCUT2D eigenvalue weighted by Gasteiger charge is 2.23. The summed E-state index contributed by atoms with van der Waals surface area (Å²) < 4.78 is 5.15. The zero-order valence-electron chi connectivity index (χ0n) is 12.3. The van der Waals surface area contributed by atoms with E-state index >= 15 is 0 Å². The molecule has 0 bridgehead atoms. The van der Waals surface area contributed by atoms with Gasteiger partial charge in [0, 0.05) is 10.7 Å². The highest BCUT2D eigenvalue weighted by molar-refractivity contribution is 6.30. The van der Waals surface area contributed by atoms with Gasteiger partial charge < -0.3 is 15.2 Å². The summed E-state index contributed by atoms with van der Waals surface area (Å²) in [5, 5.41) is 13.8. The van der Waals surface area contributed by atoms with Gasteiger partial charge in [-0.2, -0.15) is 0 Å². The molecule has 0 heterocycles. The molecule has 0 amide bonds. The van der Waals surface area contributed by atoms with Crippen molar-refractivity contribution < 1.29 is 9.84 Å². The number of aliphatic hydroxyl groups excluding tert-OH is 1.